The second-order valence-corrected chi connectivity index (χ2v) is 17.3. The van der Waals surface area contributed by atoms with Crippen LogP contribution >= 0.6 is 20.8 Å². The van der Waals surface area contributed by atoms with Crippen molar-refractivity contribution >= 4 is 20.8 Å². The summed E-state index contributed by atoms with van der Waals surface area (Å²) in [6, 6.07) is 0. The molecule has 88 valence electrons. The number of halogens is 1. The molecule has 0 heterocycles. The Morgan fingerprint density at radius 1 is 0.571 bits per heavy atom. The van der Waals surface area contributed by atoms with Gasteiger partial charge in [0.25, 0.3) is 0 Å². The van der Waals surface area contributed by atoms with Gasteiger partial charge < -0.3 is 0 Å². The molecule has 2 heteroatoms. The van der Waals surface area contributed by atoms with Crippen LogP contribution in [0, 0.1) is 0 Å². The minimum absolute atomic E-state index is 0.765. The zero-order valence-electron chi connectivity index (χ0n) is 11.1. The zero-order chi connectivity index (χ0) is 11.8. The SMILES string of the molecule is CC(C)P(Br)(C(C)C)(C(C)C)C(C)C. The van der Waals surface area contributed by atoms with Gasteiger partial charge >= 0.3 is 98.8 Å². The first-order valence-corrected chi connectivity index (χ1v) is 10.4. The number of rotatable bonds is 4. The molecule has 14 heavy (non-hydrogen) atoms. The molecular weight excluding hydrogens is 255 g/mol. The van der Waals surface area contributed by atoms with Crippen LogP contribution in [0.3, 0.4) is 0 Å². The van der Waals surface area contributed by atoms with Crippen molar-refractivity contribution in [3.8, 4) is 0 Å². The van der Waals surface area contributed by atoms with Crippen molar-refractivity contribution in [1.82, 2.24) is 0 Å². The van der Waals surface area contributed by atoms with Gasteiger partial charge in [-0.2, -0.15) is 0 Å². The van der Waals surface area contributed by atoms with Gasteiger partial charge in [-0.05, 0) is 0 Å². The van der Waals surface area contributed by atoms with Gasteiger partial charge in [-0.15, -0.1) is 0 Å². The predicted molar refractivity (Wildman–Crippen MR) is 76.4 cm³/mol. The maximum atomic E-state index is 4.28. The van der Waals surface area contributed by atoms with E-state index in [2.05, 4.69) is 70.9 Å². The predicted octanol–water partition coefficient (Wildman–Crippen LogP) is 5.48. The van der Waals surface area contributed by atoms with Crippen LogP contribution in [-0.4, -0.2) is 22.6 Å². The molecule has 0 aliphatic heterocycles. The summed E-state index contributed by atoms with van der Waals surface area (Å²) in [5.74, 6) is 0. The summed E-state index contributed by atoms with van der Waals surface area (Å²) in [5, 5.41) is -1.78. The van der Waals surface area contributed by atoms with E-state index in [-0.39, 0.29) is 0 Å². The third kappa shape index (κ3) is 1.69. The average Bonchev–Trinajstić information content (AvgIpc) is 2.00. The molecule has 0 spiro atoms. The van der Waals surface area contributed by atoms with E-state index >= 15 is 0 Å². The molecular formula is C12H28BrP. The molecule has 0 radical (unpaired) electrons. The van der Waals surface area contributed by atoms with Gasteiger partial charge in [0.15, 0.2) is 0 Å². The van der Waals surface area contributed by atoms with Crippen LogP contribution in [-0.2, 0) is 0 Å². The van der Waals surface area contributed by atoms with Crippen LogP contribution in [0.5, 0.6) is 0 Å². The zero-order valence-corrected chi connectivity index (χ0v) is 13.6. The molecule has 0 N–H and O–H groups in total. The Labute approximate surface area is 98.9 Å². The van der Waals surface area contributed by atoms with Crippen LogP contribution in [0.2, 0.25) is 0 Å². The molecule has 0 atom stereocenters. The summed E-state index contributed by atoms with van der Waals surface area (Å²) in [6.07, 6.45) is 0. The van der Waals surface area contributed by atoms with E-state index in [9.17, 15) is 0 Å². The topological polar surface area (TPSA) is 0 Å². The Morgan fingerprint density at radius 3 is 0.714 bits per heavy atom. The van der Waals surface area contributed by atoms with Crippen molar-refractivity contribution in [2.45, 2.75) is 78.0 Å². The molecule has 0 unspecified atom stereocenters. The van der Waals surface area contributed by atoms with Crippen molar-refractivity contribution < 1.29 is 0 Å². The molecule has 0 aliphatic carbocycles. The van der Waals surface area contributed by atoms with Crippen LogP contribution in [0.4, 0.5) is 0 Å². The summed E-state index contributed by atoms with van der Waals surface area (Å²) in [7, 11) is 0. The fourth-order valence-corrected chi connectivity index (χ4v) is 10.7. The van der Waals surface area contributed by atoms with E-state index in [1.807, 2.05) is 0 Å². The van der Waals surface area contributed by atoms with E-state index in [0.29, 0.717) is 0 Å². The molecule has 0 aromatic rings. The van der Waals surface area contributed by atoms with Gasteiger partial charge in [0.1, 0.15) is 0 Å². The van der Waals surface area contributed by atoms with E-state index in [0.717, 1.165) is 22.6 Å². The molecule has 0 saturated carbocycles. The van der Waals surface area contributed by atoms with Crippen molar-refractivity contribution in [3.05, 3.63) is 0 Å². The first-order valence-electron chi connectivity index (χ1n) is 5.82. The van der Waals surface area contributed by atoms with Crippen molar-refractivity contribution in [2.24, 2.45) is 0 Å². The molecule has 0 nitrogen and oxygen atoms in total. The Kier molecular flexibility index (Phi) is 4.70. The molecule has 0 saturated heterocycles. The van der Waals surface area contributed by atoms with Crippen LogP contribution in [0.15, 0.2) is 0 Å². The van der Waals surface area contributed by atoms with Gasteiger partial charge in [0, 0.05) is 0 Å². The standard InChI is InChI=1S/C12H28BrP/c1-9(2)14(13,10(3)4,11(5)6)12(7)8/h9-12H,1-8H3. The van der Waals surface area contributed by atoms with Crippen LogP contribution in [0.1, 0.15) is 55.4 Å². The van der Waals surface area contributed by atoms with Gasteiger partial charge in [0.2, 0.25) is 0 Å². The van der Waals surface area contributed by atoms with Gasteiger partial charge in [-0.25, -0.2) is 0 Å². The summed E-state index contributed by atoms with van der Waals surface area (Å²) in [5.41, 5.74) is 3.06. The van der Waals surface area contributed by atoms with Crippen molar-refractivity contribution in [3.63, 3.8) is 0 Å². The van der Waals surface area contributed by atoms with E-state index in [4.69, 9.17) is 0 Å². The third-order valence-corrected chi connectivity index (χ3v) is 22.9. The van der Waals surface area contributed by atoms with Crippen LogP contribution in [0.25, 0.3) is 0 Å². The van der Waals surface area contributed by atoms with Gasteiger partial charge in [0.05, 0.1) is 0 Å². The summed E-state index contributed by atoms with van der Waals surface area (Å²) in [4.78, 5) is 0. The fourth-order valence-electron chi connectivity index (χ4n) is 3.58. The third-order valence-electron chi connectivity index (χ3n) is 4.36. The first kappa shape index (κ1) is 14.9. The van der Waals surface area contributed by atoms with E-state index in [1.165, 1.54) is 0 Å². The molecule has 0 aliphatic rings. The second-order valence-electron chi connectivity index (χ2n) is 5.66. The van der Waals surface area contributed by atoms with E-state index in [1.54, 1.807) is 0 Å². The molecule has 0 aromatic carbocycles. The van der Waals surface area contributed by atoms with Crippen LogP contribution < -0.4 is 0 Å². The first-order chi connectivity index (χ1) is 6.10. The van der Waals surface area contributed by atoms with E-state index < -0.39 is 5.31 Å². The molecule has 0 amide bonds. The quantitative estimate of drug-likeness (QED) is 0.599. The molecule has 0 aromatic heterocycles. The Balaban J connectivity index is 5.62. The summed E-state index contributed by atoms with van der Waals surface area (Å²) < 4.78 is 0. The summed E-state index contributed by atoms with van der Waals surface area (Å²) in [6.45, 7) is 19.2. The average molecular weight is 283 g/mol. The van der Waals surface area contributed by atoms with Gasteiger partial charge in [-0.3, -0.25) is 0 Å². The Bertz CT molecular complexity index is 151. The molecule has 0 bridgehead atoms. The monoisotopic (exact) mass is 282 g/mol. The molecule has 0 rings (SSSR count). The summed E-state index contributed by atoms with van der Waals surface area (Å²) >= 11 is 4.28. The normalized spacial score (nSPS) is 16.8. The minimum atomic E-state index is -1.78. The Hall–Kier alpha value is 0.910. The fraction of sp³-hybridized carbons (Fsp3) is 1.00. The van der Waals surface area contributed by atoms with Crippen molar-refractivity contribution in [2.75, 3.05) is 0 Å². The number of hydrogen-bond acceptors (Lipinski definition) is 0. The second kappa shape index (κ2) is 4.42. The Morgan fingerprint density at radius 2 is 0.714 bits per heavy atom. The van der Waals surface area contributed by atoms with Gasteiger partial charge in [-0.1, -0.05) is 0 Å². The maximum absolute atomic E-state index is 4.28. The molecule has 0 fully saturated rings. The number of hydrogen-bond donors (Lipinski definition) is 0. The van der Waals surface area contributed by atoms with Crippen molar-refractivity contribution in [1.29, 1.82) is 0 Å².